The third kappa shape index (κ3) is 15.0. The monoisotopic (exact) mass is 372 g/mol. The standard InChI is InChI=1S/C17H28N2O7/c1-4-11-23-12-13-24-16(21)18-9-7-6-8-10-19-17(22)26-14(3)25-15(20)5-2/h4-5,14H,1-2,6-13H2,3H3,(H,18,21)(H,19,22). The lowest BCUT2D eigenvalue weighted by molar-refractivity contribution is -0.158. The van der Waals surface area contributed by atoms with E-state index in [1.54, 1.807) is 6.08 Å². The van der Waals surface area contributed by atoms with Crippen molar-refractivity contribution in [3.8, 4) is 0 Å². The van der Waals surface area contributed by atoms with Crippen molar-refractivity contribution in [2.75, 3.05) is 32.9 Å². The highest BCUT2D eigenvalue weighted by atomic mass is 16.7. The van der Waals surface area contributed by atoms with Gasteiger partial charge in [0.2, 0.25) is 6.29 Å². The fraction of sp³-hybridized carbons (Fsp3) is 0.588. The lowest BCUT2D eigenvalue weighted by Crippen LogP contribution is -2.30. The molecule has 0 aromatic rings. The van der Waals surface area contributed by atoms with Crippen LogP contribution in [0.15, 0.2) is 25.3 Å². The number of hydrogen-bond donors (Lipinski definition) is 2. The molecule has 1 atom stereocenters. The lowest BCUT2D eigenvalue weighted by atomic mass is 10.2. The van der Waals surface area contributed by atoms with E-state index in [-0.39, 0.29) is 6.61 Å². The van der Waals surface area contributed by atoms with Gasteiger partial charge in [0, 0.05) is 26.1 Å². The van der Waals surface area contributed by atoms with Gasteiger partial charge in [-0.25, -0.2) is 14.4 Å². The molecule has 2 N–H and O–H groups in total. The molecule has 0 aromatic heterocycles. The van der Waals surface area contributed by atoms with E-state index in [4.69, 9.17) is 18.9 Å². The molecule has 1 unspecified atom stereocenters. The summed E-state index contributed by atoms with van der Waals surface area (Å²) in [6, 6.07) is 0. The largest absolute Gasteiger partial charge is 0.447 e. The Labute approximate surface area is 153 Å². The summed E-state index contributed by atoms with van der Waals surface area (Å²) in [7, 11) is 0. The van der Waals surface area contributed by atoms with Gasteiger partial charge in [-0.1, -0.05) is 12.7 Å². The molecule has 2 amide bonds. The Morgan fingerprint density at radius 1 is 0.962 bits per heavy atom. The fourth-order valence-electron chi connectivity index (χ4n) is 1.65. The predicted molar refractivity (Wildman–Crippen MR) is 94.5 cm³/mol. The summed E-state index contributed by atoms with van der Waals surface area (Å²) < 4.78 is 19.5. The van der Waals surface area contributed by atoms with E-state index >= 15 is 0 Å². The first-order chi connectivity index (χ1) is 12.5. The predicted octanol–water partition coefficient (Wildman–Crippen LogP) is 1.89. The molecule has 0 fully saturated rings. The summed E-state index contributed by atoms with van der Waals surface area (Å²) in [6.07, 6.45) is 2.70. The molecular formula is C17H28N2O7. The maximum Gasteiger partial charge on any atom is 0.410 e. The minimum atomic E-state index is -0.988. The topological polar surface area (TPSA) is 112 Å². The molecule has 148 valence electrons. The maximum atomic E-state index is 11.4. The van der Waals surface area contributed by atoms with Crippen LogP contribution in [0.1, 0.15) is 26.2 Å². The van der Waals surface area contributed by atoms with Gasteiger partial charge >= 0.3 is 18.2 Å². The normalized spacial score (nSPS) is 11.0. The highest BCUT2D eigenvalue weighted by Gasteiger charge is 2.11. The number of alkyl carbamates (subject to hydrolysis) is 2. The van der Waals surface area contributed by atoms with E-state index in [1.807, 2.05) is 0 Å². The number of ether oxygens (including phenoxy) is 4. The average molecular weight is 372 g/mol. The number of esters is 1. The number of unbranched alkanes of at least 4 members (excludes halogenated alkanes) is 2. The van der Waals surface area contributed by atoms with E-state index in [1.165, 1.54) is 6.92 Å². The van der Waals surface area contributed by atoms with Crippen LogP contribution in [0, 0.1) is 0 Å². The first-order valence-electron chi connectivity index (χ1n) is 8.36. The van der Waals surface area contributed by atoms with Crippen molar-refractivity contribution in [1.29, 1.82) is 0 Å². The van der Waals surface area contributed by atoms with Gasteiger partial charge in [-0.05, 0) is 19.3 Å². The van der Waals surface area contributed by atoms with Crippen LogP contribution in [0.5, 0.6) is 0 Å². The van der Waals surface area contributed by atoms with Gasteiger partial charge in [0.1, 0.15) is 6.61 Å². The first kappa shape index (κ1) is 23.4. The third-order valence-corrected chi connectivity index (χ3v) is 2.81. The number of amides is 2. The van der Waals surface area contributed by atoms with E-state index in [0.717, 1.165) is 18.9 Å². The third-order valence-electron chi connectivity index (χ3n) is 2.81. The molecular weight excluding hydrogens is 344 g/mol. The molecule has 0 rings (SSSR count). The highest BCUT2D eigenvalue weighted by molar-refractivity contribution is 5.81. The molecule has 0 aliphatic heterocycles. The smallest absolute Gasteiger partial charge is 0.410 e. The van der Waals surface area contributed by atoms with Crippen LogP contribution < -0.4 is 10.6 Å². The van der Waals surface area contributed by atoms with Crippen molar-refractivity contribution < 1.29 is 33.3 Å². The Bertz CT molecular complexity index is 454. The van der Waals surface area contributed by atoms with Crippen LogP contribution in [0.2, 0.25) is 0 Å². The Kier molecular flexibility index (Phi) is 14.4. The first-order valence-corrected chi connectivity index (χ1v) is 8.36. The van der Waals surface area contributed by atoms with E-state index in [0.29, 0.717) is 32.7 Å². The summed E-state index contributed by atoms with van der Waals surface area (Å²) in [4.78, 5) is 33.7. The molecule has 9 nitrogen and oxygen atoms in total. The van der Waals surface area contributed by atoms with Gasteiger partial charge in [0.05, 0.1) is 13.2 Å². The Morgan fingerprint density at radius 2 is 1.62 bits per heavy atom. The van der Waals surface area contributed by atoms with Crippen LogP contribution in [0.25, 0.3) is 0 Å². The minimum absolute atomic E-state index is 0.187. The SMILES string of the molecule is C=CCOCCOC(=O)NCCCCCNC(=O)OC(C)OC(=O)C=C. The van der Waals surface area contributed by atoms with Crippen molar-refractivity contribution in [1.82, 2.24) is 10.6 Å². The summed E-state index contributed by atoms with van der Waals surface area (Å²) >= 11 is 0. The molecule has 26 heavy (non-hydrogen) atoms. The molecule has 0 bridgehead atoms. The molecule has 0 aliphatic rings. The van der Waals surface area contributed by atoms with Crippen LogP contribution in [0.3, 0.4) is 0 Å². The number of hydrogen-bond acceptors (Lipinski definition) is 7. The van der Waals surface area contributed by atoms with E-state index < -0.39 is 24.4 Å². The van der Waals surface area contributed by atoms with Crippen LogP contribution >= 0.6 is 0 Å². The molecule has 0 radical (unpaired) electrons. The second kappa shape index (κ2) is 15.9. The molecule has 0 aliphatic carbocycles. The van der Waals surface area contributed by atoms with Crippen molar-refractivity contribution in [3.05, 3.63) is 25.3 Å². The zero-order chi connectivity index (χ0) is 19.6. The van der Waals surface area contributed by atoms with Crippen LogP contribution in [0.4, 0.5) is 9.59 Å². The Balaban J connectivity index is 3.48. The number of rotatable bonds is 14. The molecule has 0 saturated carbocycles. The second-order valence-corrected chi connectivity index (χ2v) is 5.03. The van der Waals surface area contributed by atoms with Crippen molar-refractivity contribution in [2.24, 2.45) is 0 Å². The Hall–Kier alpha value is -2.55. The van der Waals surface area contributed by atoms with Gasteiger partial charge < -0.3 is 29.6 Å². The molecule has 9 heteroatoms. The fourth-order valence-corrected chi connectivity index (χ4v) is 1.65. The van der Waals surface area contributed by atoms with E-state index in [9.17, 15) is 14.4 Å². The minimum Gasteiger partial charge on any atom is -0.447 e. The number of carbonyl (C=O) groups is 3. The molecule has 0 aromatic carbocycles. The van der Waals surface area contributed by atoms with Crippen LogP contribution in [-0.4, -0.2) is 57.4 Å². The highest BCUT2D eigenvalue weighted by Crippen LogP contribution is 1.97. The zero-order valence-corrected chi connectivity index (χ0v) is 15.2. The summed E-state index contributed by atoms with van der Waals surface area (Å²) in [5.41, 5.74) is 0. The summed E-state index contributed by atoms with van der Waals surface area (Å²) in [5.74, 6) is -0.666. The molecule has 0 saturated heterocycles. The maximum absolute atomic E-state index is 11.4. The second-order valence-electron chi connectivity index (χ2n) is 5.03. The average Bonchev–Trinajstić information content (AvgIpc) is 2.60. The number of carbonyl (C=O) groups excluding carboxylic acids is 3. The number of nitrogens with one attached hydrogen (secondary N) is 2. The lowest BCUT2D eigenvalue weighted by Gasteiger charge is -2.13. The van der Waals surface area contributed by atoms with Gasteiger partial charge in [-0.2, -0.15) is 0 Å². The quantitative estimate of drug-likeness (QED) is 0.157. The molecule has 0 heterocycles. The van der Waals surface area contributed by atoms with Gasteiger partial charge in [0.15, 0.2) is 0 Å². The van der Waals surface area contributed by atoms with Gasteiger partial charge in [0.25, 0.3) is 0 Å². The Morgan fingerprint density at radius 3 is 2.23 bits per heavy atom. The zero-order valence-electron chi connectivity index (χ0n) is 15.2. The van der Waals surface area contributed by atoms with Crippen molar-refractivity contribution >= 4 is 18.2 Å². The van der Waals surface area contributed by atoms with Crippen LogP contribution in [-0.2, 0) is 23.7 Å². The van der Waals surface area contributed by atoms with Gasteiger partial charge in [-0.15, -0.1) is 6.58 Å². The summed E-state index contributed by atoms with van der Waals surface area (Å²) in [5, 5.41) is 5.16. The van der Waals surface area contributed by atoms with Crippen molar-refractivity contribution in [3.63, 3.8) is 0 Å². The van der Waals surface area contributed by atoms with E-state index in [2.05, 4.69) is 23.8 Å². The van der Waals surface area contributed by atoms with Gasteiger partial charge in [-0.3, -0.25) is 0 Å². The molecule has 0 spiro atoms. The summed E-state index contributed by atoms with van der Waals surface area (Å²) in [6.45, 7) is 9.99. The van der Waals surface area contributed by atoms with Crippen molar-refractivity contribution in [2.45, 2.75) is 32.5 Å².